The molecule has 1 heterocycles. The normalized spacial score (nSPS) is 19.9. The van der Waals surface area contributed by atoms with Gasteiger partial charge >= 0.3 is 0 Å². The number of nitrogens with zero attached hydrogens (tertiary/aromatic N) is 1. The largest absolute Gasteiger partial charge is 0.337 e. The van der Waals surface area contributed by atoms with Gasteiger partial charge in [0.2, 0.25) is 5.91 Å². The van der Waals surface area contributed by atoms with Gasteiger partial charge in [-0.05, 0) is 24.1 Å². The first-order chi connectivity index (χ1) is 8.56. The van der Waals surface area contributed by atoms with Crippen molar-refractivity contribution >= 4 is 17.5 Å². The zero-order valence-corrected chi connectivity index (χ0v) is 11.6. The van der Waals surface area contributed by atoms with Gasteiger partial charge in [0.05, 0.1) is 6.04 Å². The lowest BCUT2D eigenvalue weighted by molar-refractivity contribution is -0.130. The van der Waals surface area contributed by atoms with E-state index in [0.717, 1.165) is 23.6 Å². The third-order valence-corrected chi connectivity index (χ3v) is 3.33. The molecule has 0 spiro atoms. The van der Waals surface area contributed by atoms with Crippen LogP contribution in [-0.2, 0) is 11.3 Å². The Bertz CT molecular complexity index is 434. The number of carbonyl (C=O) groups is 1. The lowest BCUT2D eigenvalue weighted by Crippen LogP contribution is -2.41. The Kier molecular flexibility index (Phi) is 4.25. The van der Waals surface area contributed by atoms with E-state index >= 15 is 0 Å². The molecular formula is C14H19ClN2O. The number of hydrogen-bond donors (Lipinski definition) is 1. The van der Waals surface area contributed by atoms with Gasteiger partial charge in [-0.1, -0.05) is 37.6 Å². The van der Waals surface area contributed by atoms with Crippen LogP contribution in [0.4, 0.5) is 0 Å². The quantitative estimate of drug-likeness (QED) is 0.908. The van der Waals surface area contributed by atoms with Crippen molar-refractivity contribution in [2.75, 3.05) is 6.54 Å². The summed E-state index contributed by atoms with van der Waals surface area (Å²) in [5.41, 5.74) is 1.08. The second kappa shape index (κ2) is 5.72. The first-order valence-corrected chi connectivity index (χ1v) is 6.73. The van der Waals surface area contributed by atoms with Crippen molar-refractivity contribution in [2.45, 2.75) is 38.9 Å². The average Bonchev–Trinajstić information content (AvgIpc) is 2.61. The maximum absolute atomic E-state index is 12.2. The van der Waals surface area contributed by atoms with E-state index in [4.69, 9.17) is 11.6 Å². The SMILES string of the molecule is CC(C)NC1CCN(Cc2cccc(Cl)c2)C1=O. The minimum atomic E-state index is -0.0239. The van der Waals surface area contributed by atoms with Crippen LogP contribution in [-0.4, -0.2) is 29.4 Å². The predicted octanol–water partition coefficient (Wildman–Crippen LogP) is 2.44. The molecule has 3 nitrogen and oxygen atoms in total. The van der Waals surface area contributed by atoms with Gasteiger partial charge in [0, 0.05) is 24.2 Å². The van der Waals surface area contributed by atoms with Crippen LogP contribution >= 0.6 is 11.6 Å². The van der Waals surface area contributed by atoms with Crippen molar-refractivity contribution in [2.24, 2.45) is 0 Å². The monoisotopic (exact) mass is 266 g/mol. The number of amides is 1. The lowest BCUT2D eigenvalue weighted by Gasteiger charge is -2.18. The highest BCUT2D eigenvalue weighted by Gasteiger charge is 2.31. The van der Waals surface area contributed by atoms with E-state index in [-0.39, 0.29) is 11.9 Å². The molecule has 1 atom stereocenters. The van der Waals surface area contributed by atoms with Gasteiger partial charge < -0.3 is 10.2 Å². The first kappa shape index (κ1) is 13.4. The highest BCUT2D eigenvalue weighted by atomic mass is 35.5. The van der Waals surface area contributed by atoms with Crippen molar-refractivity contribution in [3.63, 3.8) is 0 Å². The van der Waals surface area contributed by atoms with Gasteiger partial charge in [-0.15, -0.1) is 0 Å². The van der Waals surface area contributed by atoms with Gasteiger partial charge in [0.25, 0.3) is 0 Å². The topological polar surface area (TPSA) is 32.3 Å². The van der Waals surface area contributed by atoms with Gasteiger partial charge in [-0.3, -0.25) is 4.79 Å². The van der Waals surface area contributed by atoms with Crippen LogP contribution in [0.5, 0.6) is 0 Å². The molecule has 1 aromatic rings. The highest BCUT2D eigenvalue weighted by molar-refractivity contribution is 6.30. The summed E-state index contributed by atoms with van der Waals surface area (Å²) in [4.78, 5) is 14.1. The predicted molar refractivity (Wildman–Crippen MR) is 73.5 cm³/mol. The standard InChI is InChI=1S/C14H19ClN2O/c1-10(2)16-13-6-7-17(14(13)18)9-11-4-3-5-12(15)8-11/h3-5,8,10,13,16H,6-7,9H2,1-2H3. The molecule has 4 heteroatoms. The van der Waals surface area contributed by atoms with E-state index in [0.29, 0.717) is 12.6 Å². The van der Waals surface area contributed by atoms with Gasteiger partial charge in [0.15, 0.2) is 0 Å². The molecule has 1 fully saturated rings. The van der Waals surface area contributed by atoms with E-state index < -0.39 is 0 Å². The number of benzene rings is 1. The van der Waals surface area contributed by atoms with Crippen LogP contribution in [0.3, 0.4) is 0 Å². The summed E-state index contributed by atoms with van der Waals surface area (Å²) in [6, 6.07) is 8.00. The summed E-state index contributed by atoms with van der Waals surface area (Å²) in [7, 11) is 0. The summed E-state index contributed by atoms with van der Waals surface area (Å²) >= 11 is 5.95. The zero-order valence-electron chi connectivity index (χ0n) is 10.8. The Morgan fingerprint density at radius 1 is 1.50 bits per heavy atom. The summed E-state index contributed by atoms with van der Waals surface area (Å²) in [6.45, 7) is 5.59. The van der Waals surface area contributed by atoms with Crippen molar-refractivity contribution in [3.8, 4) is 0 Å². The molecule has 1 unspecified atom stereocenters. The molecule has 1 aliphatic rings. The summed E-state index contributed by atoms with van der Waals surface area (Å²) in [5, 5.41) is 4.02. The minimum absolute atomic E-state index is 0.0239. The van der Waals surface area contributed by atoms with Crippen LogP contribution < -0.4 is 5.32 Å². The molecule has 2 rings (SSSR count). The number of rotatable bonds is 4. The molecule has 0 bridgehead atoms. The van der Waals surface area contributed by atoms with Crippen LogP contribution in [0.15, 0.2) is 24.3 Å². The molecule has 1 aliphatic heterocycles. The number of halogens is 1. The van der Waals surface area contributed by atoms with Crippen molar-refractivity contribution < 1.29 is 4.79 Å². The molecule has 0 saturated carbocycles. The van der Waals surface area contributed by atoms with E-state index in [1.807, 2.05) is 29.2 Å². The minimum Gasteiger partial charge on any atom is -0.337 e. The summed E-state index contributed by atoms with van der Waals surface area (Å²) in [6.07, 6.45) is 0.886. The highest BCUT2D eigenvalue weighted by Crippen LogP contribution is 2.17. The van der Waals surface area contributed by atoms with E-state index in [1.165, 1.54) is 0 Å². The molecule has 0 radical (unpaired) electrons. The fourth-order valence-electron chi connectivity index (χ4n) is 2.31. The van der Waals surface area contributed by atoms with Crippen molar-refractivity contribution in [3.05, 3.63) is 34.9 Å². The van der Waals surface area contributed by atoms with Crippen molar-refractivity contribution in [1.29, 1.82) is 0 Å². The molecule has 1 N–H and O–H groups in total. The van der Waals surface area contributed by atoms with E-state index in [2.05, 4.69) is 19.2 Å². The lowest BCUT2D eigenvalue weighted by atomic mass is 10.2. The smallest absolute Gasteiger partial charge is 0.240 e. The number of carbonyl (C=O) groups excluding carboxylic acids is 1. The van der Waals surface area contributed by atoms with Gasteiger partial charge in [-0.2, -0.15) is 0 Å². The summed E-state index contributed by atoms with van der Waals surface area (Å²) in [5.74, 6) is 0.198. The van der Waals surface area contributed by atoms with Crippen molar-refractivity contribution in [1.82, 2.24) is 10.2 Å². The molecule has 0 aliphatic carbocycles. The Morgan fingerprint density at radius 2 is 2.28 bits per heavy atom. The molecular weight excluding hydrogens is 248 g/mol. The second-order valence-corrected chi connectivity index (χ2v) is 5.49. The molecule has 18 heavy (non-hydrogen) atoms. The number of likely N-dealkylation sites (tertiary alicyclic amines) is 1. The molecule has 1 amide bonds. The fraction of sp³-hybridized carbons (Fsp3) is 0.500. The molecule has 1 saturated heterocycles. The third kappa shape index (κ3) is 3.24. The Labute approximate surface area is 113 Å². The Morgan fingerprint density at radius 3 is 2.94 bits per heavy atom. The van der Waals surface area contributed by atoms with Gasteiger partial charge in [-0.25, -0.2) is 0 Å². The van der Waals surface area contributed by atoms with E-state index in [1.54, 1.807) is 0 Å². The number of nitrogens with one attached hydrogen (secondary N) is 1. The van der Waals surface area contributed by atoms with Crippen LogP contribution in [0.25, 0.3) is 0 Å². The van der Waals surface area contributed by atoms with Crippen LogP contribution in [0.1, 0.15) is 25.8 Å². The van der Waals surface area contributed by atoms with Gasteiger partial charge in [0.1, 0.15) is 0 Å². The molecule has 0 aromatic heterocycles. The summed E-state index contributed by atoms with van der Waals surface area (Å²) < 4.78 is 0. The maximum atomic E-state index is 12.2. The molecule has 98 valence electrons. The first-order valence-electron chi connectivity index (χ1n) is 6.35. The molecule has 1 aromatic carbocycles. The average molecular weight is 267 g/mol. The fourth-order valence-corrected chi connectivity index (χ4v) is 2.52. The third-order valence-electron chi connectivity index (χ3n) is 3.09. The van der Waals surface area contributed by atoms with Crippen LogP contribution in [0.2, 0.25) is 5.02 Å². The van der Waals surface area contributed by atoms with E-state index in [9.17, 15) is 4.79 Å². The second-order valence-electron chi connectivity index (χ2n) is 5.05. The Hall–Kier alpha value is -1.06. The van der Waals surface area contributed by atoms with Crippen LogP contribution in [0, 0.1) is 0 Å². The zero-order chi connectivity index (χ0) is 13.1. The Balaban J connectivity index is 1.97. The number of hydrogen-bond acceptors (Lipinski definition) is 2. The maximum Gasteiger partial charge on any atom is 0.240 e.